The number of hydrogen-bond donors (Lipinski definition) is 1. The molecule has 12 heteroatoms. The van der Waals surface area contributed by atoms with Crippen LogP contribution in [0.4, 0.5) is 5.69 Å². The molecule has 1 N–H and O–H groups in total. The Hall–Kier alpha value is -2.98. The van der Waals surface area contributed by atoms with E-state index in [0.29, 0.717) is 26.4 Å². The van der Waals surface area contributed by atoms with Gasteiger partial charge in [-0.3, -0.25) is 13.9 Å². The molecule has 3 aromatic carbocycles. The number of rotatable bonds is 11. The average Bonchev–Trinajstić information content (AvgIpc) is 3.48. The summed E-state index contributed by atoms with van der Waals surface area (Å²) in [6.07, 6.45) is 3.80. The molecule has 1 aliphatic carbocycles. The zero-order valence-corrected chi connectivity index (χ0v) is 26.3. The van der Waals surface area contributed by atoms with Crippen molar-refractivity contribution in [3.8, 4) is 5.75 Å². The van der Waals surface area contributed by atoms with Gasteiger partial charge in [0.05, 0.1) is 17.7 Å². The number of benzene rings is 3. The number of anilines is 1. The Kier molecular flexibility index (Phi) is 10.6. The third-order valence-corrected chi connectivity index (χ3v) is 9.86. The number of carbonyl (C=O) groups excluding carboxylic acids is 2. The van der Waals surface area contributed by atoms with Crippen LogP contribution < -0.4 is 14.4 Å². The number of hydrogen-bond acceptors (Lipinski definition) is 5. The van der Waals surface area contributed by atoms with Crippen molar-refractivity contribution in [1.82, 2.24) is 10.2 Å². The predicted molar refractivity (Wildman–Crippen MR) is 166 cm³/mol. The van der Waals surface area contributed by atoms with Gasteiger partial charge in [-0.05, 0) is 79.9 Å². The second-order valence-corrected chi connectivity index (χ2v) is 13.2. The fourth-order valence-electron chi connectivity index (χ4n) is 4.84. The van der Waals surface area contributed by atoms with Crippen LogP contribution in [0.1, 0.15) is 38.2 Å². The maximum Gasteiger partial charge on any atom is 0.264 e. The van der Waals surface area contributed by atoms with E-state index in [1.165, 1.54) is 42.3 Å². The molecule has 1 fully saturated rings. The highest BCUT2D eigenvalue weighted by Gasteiger charge is 2.33. The number of nitrogens with zero attached hydrogens (tertiary/aromatic N) is 2. The molecule has 0 bridgehead atoms. The second kappa shape index (κ2) is 14.0. The normalized spacial score (nSPS) is 14.3. The summed E-state index contributed by atoms with van der Waals surface area (Å²) in [5.41, 5.74) is 0.751. The van der Waals surface area contributed by atoms with Crippen LogP contribution in [0.3, 0.4) is 0 Å². The maximum absolute atomic E-state index is 14.1. The lowest BCUT2D eigenvalue weighted by Gasteiger charge is -2.32. The van der Waals surface area contributed by atoms with E-state index in [9.17, 15) is 18.0 Å². The van der Waals surface area contributed by atoms with E-state index in [1.807, 2.05) is 0 Å². The standard InChI is InChI=1S/C30H32Cl3N3O5S/c1-20(30(38)34-24-7-3-4-8-24)35(18-21-10-11-23(32)17-28(21)33)29(37)19-36(25-9-5-6-22(31)16-25)42(39,40)27-14-12-26(41-2)13-15-27/h5-6,9-17,20,24H,3-4,7-8,18-19H2,1-2H3,(H,34,38)/t20-/m1/s1. The Morgan fingerprint density at radius 1 is 0.976 bits per heavy atom. The summed E-state index contributed by atoms with van der Waals surface area (Å²) in [6.45, 7) is 0.981. The van der Waals surface area contributed by atoms with Gasteiger partial charge in [0.1, 0.15) is 18.3 Å². The minimum Gasteiger partial charge on any atom is -0.497 e. The van der Waals surface area contributed by atoms with Crippen LogP contribution in [-0.2, 0) is 26.2 Å². The summed E-state index contributed by atoms with van der Waals surface area (Å²) >= 11 is 18.7. The van der Waals surface area contributed by atoms with Gasteiger partial charge < -0.3 is 15.0 Å². The molecule has 0 spiro atoms. The first-order valence-electron chi connectivity index (χ1n) is 13.5. The van der Waals surface area contributed by atoms with Crippen LogP contribution in [0.15, 0.2) is 71.6 Å². The molecular weight excluding hydrogens is 621 g/mol. The monoisotopic (exact) mass is 651 g/mol. The van der Waals surface area contributed by atoms with Gasteiger partial charge in [-0.15, -0.1) is 0 Å². The first-order valence-corrected chi connectivity index (χ1v) is 16.0. The summed E-state index contributed by atoms with van der Waals surface area (Å²) < 4.78 is 34.0. The fraction of sp³-hybridized carbons (Fsp3) is 0.333. The molecular formula is C30H32Cl3N3O5S. The molecule has 0 saturated heterocycles. The van der Waals surface area contributed by atoms with Crippen LogP contribution in [0, 0.1) is 0 Å². The van der Waals surface area contributed by atoms with E-state index in [1.54, 1.807) is 43.3 Å². The molecule has 0 aliphatic heterocycles. The molecule has 42 heavy (non-hydrogen) atoms. The summed E-state index contributed by atoms with van der Waals surface area (Å²) in [7, 11) is -2.77. The fourth-order valence-corrected chi connectivity index (χ4v) is 6.90. The van der Waals surface area contributed by atoms with Crippen LogP contribution in [0.5, 0.6) is 5.75 Å². The number of halogens is 3. The Balaban J connectivity index is 1.70. The van der Waals surface area contributed by atoms with E-state index in [-0.39, 0.29) is 29.1 Å². The minimum absolute atomic E-state index is 0.0365. The van der Waals surface area contributed by atoms with E-state index in [2.05, 4.69) is 5.32 Å². The molecule has 3 aromatic rings. The number of amides is 2. The van der Waals surface area contributed by atoms with Gasteiger partial charge in [0.2, 0.25) is 11.8 Å². The lowest BCUT2D eigenvalue weighted by Crippen LogP contribution is -2.52. The van der Waals surface area contributed by atoms with Gasteiger partial charge in [0, 0.05) is 27.7 Å². The van der Waals surface area contributed by atoms with E-state index < -0.39 is 28.5 Å². The van der Waals surface area contributed by atoms with E-state index >= 15 is 0 Å². The molecule has 224 valence electrons. The average molecular weight is 653 g/mol. The number of ether oxygens (including phenoxy) is 1. The van der Waals surface area contributed by atoms with Crippen molar-refractivity contribution < 1.29 is 22.7 Å². The van der Waals surface area contributed by atoms with Crippen molar-refractivity contribution in [2.24, 2.45) is 0 Å². The largest absolute Gasteiger partial charge is 0.497 e. The SMILES string of the molecule is COc1ccc(S(=O)(=O)N(CC(=O)N(Cc2ccc(Cl)cc2Cl)[C@H](C)C(=O)NC2CCCC2)c2cccc(Cl)c2)cc1. The van der Waals surface area contributed by atoms with Crippen molar-refractivity contribution in [2.45, 2.75) is 56.1 Å². The summed E-state index contributed by atoms with van der Waals surface area (Å²) in [5.74, 6) is -0.452. The number of carbonyl (C=O) groups is 2. The zero-order valence-electron chi connectivity index (χ0n) is 23.2. The van der Waals surface area contributed by atoms with Crippen molar-refractivity contribution in [3.05, 3.63) is 87.4 Å². The van der Waals surface area contributed by atoms with E-state index in [0.717, 1.165) is 30.0 Å². The lowest BCUT2D eigenvalue weighted by molar-refractivity contribution is -0.139. The van der Waals surface area contributed by atoms with Crippen LogP contribution in [0.2, 0.25) is 15.1 Å². The van der Waals surface area contributed by atoms with Crippen LogP contribution in [-0.4, -0.2) is 50.9 Å². The van der Waals surface area contributed by atoms with Gasteiger partial charge in [0.25, 0.3) is 10.0 Å². The number of methoxy groups -OCH3 is 1. The summed E-state index contributed by atoms with van der Waals surface area (Å²) in [6, 6.07) is 16.1. The Labute approximate surface area is 261 Å². The number of sulfonamides is 1. The van der Waals surface area contributed by atoms with Gasteiger partial charge in [-0.25, -0.2) is 8.42 Å². The molecule has 0 radical (unpaired) electrons. The van der Waals surface area contributed by atoms with Gasteiger partial charge in [0.15, 0.2) is 0 Å². The Bertz CT molecular complexity index is 1530. The van der Waals surface area contributed by atoms with Crippen molar-refractivity contribution >= 4 is 62.3 Å². The molecule has 1 saturated carbocycles. The Morgan fingerprint density at radius 3 is 2.26 bits per heavy atom. The molecule has 0 heterocycles. The van der Waals surface area contributed by atoms with Crippen molar-refractivity contribution in [1.29, 1.82) is 0 Å². The quantitative estimate of drug-likeness (QED) is 0.261. The molecule has 1 atom stereocenters. The summed E-state index contributed by atoms with van der Waals surface area (Å²) in [4.78, 5) is 28.7. The molecule has 0 aromatic heterocycles. The third-order valence-electron chi connectivity index (χ3n) is 7.25. The summed E-state index contributed by atoms with van der Waals surface area (Å²) in [5, 5.41) is 4.07. The molecule has 1 aliphatic rings. The molecule has 8 nitrogen and oxygen atoms in total. The zero-order chi connectivity index (χ0) is 30.4. The molecule has 0 unspecified atom stereocenters. The first-order chi connectivity index (χ1) is 20.0. The second-order valence-electron chi connectivity index (χ2n) is 10.1. The van der Waals surface area contributed by atoms with Gasteiger partial charge >= 0.3 is 0 Å². The molecule has 2 amide bonds. The maximum atomic E-state index is 14.1. The topological polar surface area (TPSA) is 96.0 Å². The highest BCUT2D eigenvalue weighted by atomic mass is 35.5. The predicted octanol–water partition coefficient (Wildman–Crippen LogP) is 6.33. The van der Waals surface area contributed by atoms with Gasteiger partial charge in [-0.2, -0.15) is 0 Å². The number of nitrogens with one attached hydrogen (secondary N) is 1. The third kappa shape index (κ3) is 7.69. The van der Waals surface area contributed by atoms with E-state index in [4.69, 9.17) is 39.5 Å². The van der Waals surface area contributed by atoms with Crippen LogP contribution >= 0.6 is 34.8 Å². The van der Waals surface area contributed by atoms with Crippen molar-refractivity contribution in [3.63, 3.8) is 0 Å². The highest BCUT2D eigenvalue weighted by molar-refractivity contribution is 7.92. The Morgan fingerprint density at radius 2 is 1.64 bits per heavy atom. The van der Waals surface area contributed by atoms with Gasteiger partial charge in [-0.1, -0.05) is 59.8 Å². The minimum atomic E-state index is -4.25. The first kappa shape index (κ1) is 31.9. The van der Waals surface area contributed by atoms with Crippen molar-refractivity contribution in [2.75, 3.05) is 18.0 Å². The lowest BCUT2D eigenvalue weighted by atomic mass is 10.1. The van der Waals surface area contributed by atoms with Crippen LogP contribution in [0.25, 0.3) is 0 Å². The highest BCUT2D eigenvalue weighted by Crippen LogP contribution is 2.29. The smallest absolute Gasteiger partial charge is 0.264 e. The molecule has 4 rings (SSSR count).